The molecule has 0 heterocycles. The summed E-state index contributed by atoms with van der Waals surface area (Å²) in [5.74, 6) is -1.63. The summed E-state index contributed by atoms with van der Waals surface area (Å²) in [7, 11) is -9.81. The van der Waals surface area contributed by atoms with Crippen LogP contribution >= 0.6 is 15.6 Å². The van der Waals surface area contributed by atoms with Crippen LogP contribution < -0.4 is 0 Å². The number of hydrogen-bond donors (Lipinski definition) is 4. The first kappa shape index (κ1) is 92.2. The lowest BCUT2D eigenvalue weighted by molar-refractivity contribution is -0.161. The zero-order valence-corrected chi connectivity index (χ0v) is 61.7. The van der Waals surface area contributed by atoms with E-state index in [2.05, 4.69) is 179 Å². The zero-order valence-electron chi connectivity index (χ0n) is 59.9. The van der Waals surface area contributed by atoms with Gasteiger partial charge in [0.1, 0.15) is 25.4 Å². The molecule has 0 amide bonds. The van der Waals surface area contributed by atoms with Crippen LogP contribution in [0.15, 0.2) is 158 Å². The van der Waals surface area contributed by atoms with Gasteiger partial charge in [-0.2, -0.15) is 0 Å². The van der Waals surface area contributed by atoms with Crippen molar-refractivity contribution >= 4 is 33.6 Å². The third-order valence-electron chi connectivity index (χ3n) is 14.7. The van der Waals surface area contributed by atoms with Gasteiger partial charge < -0.3 is 34.2 Å². The first-order chi connectivity index (χ1) is 47.2. The van der Waals surface area contributed by atoms with Crippen molar-refractivity contribution in [2.75, 3.05) is 39.6 Å². The Bertz CT molecular complexity index is 2400. The number of esters is 3. The fourth-order valence-corrected chi connectivity index (χ4v) is 10.8. The van der Waals surface area contributed by atoms with E-state index in [9.17, 15) is 43.5 Å². The number of unbranched alkanes of at least 4 members (excludes halogenated alkanes) is 19. The number of aliphatic hydroxyl groups excluding tert-OH is 2. The van der Waals surface area contributed by atoms with Crippen molar-refractivity contribution in [2.45, 2.75) is 283 Å². The van der Waals surface area contributed by atoms with Crippen molar-refractivity contribution in [3.63, 3.8) is 0 Å². The molecule has 0 aliphatic carbocycles. The summed E-state index contributed by atoms with van der Waals surface area (Å²) in [6.07, 6.45) is 87.1. The van der Waals surface area contributed by atoms with Gasteiger partial charge in [-0.15, -0.1) is 0 Å². The number of phosphoric ester groups is 2. The molecule has 0 radical (unpaired) electrons. The van der Waals surface area contributed by atoms with Gasteiger partial charge in [-0.25, -0.2) is 9.13 Å². The van der Waals surface area contributed by atoms with Gasteiger partial charge in [-0.3, -0.25) is 32.5 Å². The summed E-state index contributed by atoms with van der Waals surface area (Å²) in [5.41, 5.74) is 0. The molecule has 0 spiro atoms. The van der Waals surface area contributed by atoms with Gasteiger partial charge in [0, 0.05) is 19.3 Å². The number of rotatable bonds is 68. The van der Waals surface area contributed by atoms with Crippen molar-refractivity contribution in [1.29, 1.82) is 0 Å². The number of carbonyl (C=O) groups is 3. The molecular formula is C79H130O16P2. The Kier molecular flexibility index (Phi) is 67.5. The Balaban J connectivity index is 4.71. The monoisotopic (exact) mass is 1400 g/mol. The zero-order chi connectivity index (χ0) is 70.9. The van der Waals surface area contributed by atoms with Gasteiger partial charge in [-0.1, -0.05) is 262 Å². The average molecular weight is 1400 g/mol. The molecule has 5 unspecified atom stereocenters. The summed E-state index contributed by atoms with van der Waals surface area (Å²) >= 11 is 0. The van der Waals surface area contributed by atoms with E-state index >= 15 is 0 Å². The standard InChI is InChI=1S/C79H130O16P2/c1-4-7-10-13-16-19-22-25-28-31-33-35-36-38-40-42-44-47-50-53-56-59-62-65-77(82)89-68-74(80)69-91-96(85,86)92-70-75(81)71-93-97(87,88)94-73-76(95-79(84)67-64-61-58-55-52-49-46-41-30-27-24-21-18-15-12-9-6-3)72-90-78(83)66-63-60-57-54-51-48-45-43-39-37-34-32-29-26-23-20-17-14-11-8-5-2/h7-12,16-21,25-30,33-35,37-38,40,43,45,74-76,80-81H,4-6,13-15,22-24,31-32,36,39,41-42,44,46-73H2,1-3H3,(H,85,86)(H,87,88)/b10-7-,11-8-,12-9-,19-16-,20-17-,21-18-,28-25-,29-26-,30-27-,35-33-,37-34-,40-38-,45-43-. The number of aliphatic hydroxyl groups is 2. The van der Waals surface area contributed by atoms with Crippen LogP contribution in [0.2, 0.25) is 0 Å². The molecular weight excluding hydrogens is 1270 g/mol. The van der Waals surface area contributed by atoms with Gasteiger partial charge in [0.2, 0.25) is 0 Å². The first-order valence-electron chi connectivity index (χ1n) is 36.8. The van der Waals surface area contributed by atoms with Crippen molar-refractivity contribution in [2.24, 2.45) is 0 Å². The maximum absolute atomic E-state index is 13.0. The van der Waals surface area contributed by atoms with E-state index in [1.807, 2.05) is 0 Å². The molecule has 18 heteroatoms. The van der Waals surface area contributed by atoms with Crippen molar-refractivity contribution < 1.29 is 75.8 Å². The van der Waals surface area contributed by atoms with Gasteiger partial charge in [0.15, 0.2) is 6.10 Å². The largest absolute Gasteiger partial charge is 0.472 e. The maximum atomic E-state index is 13.0. The number of phosphoric acid groups is 2. The van der Waals surface area contributed by atoms with E-state index in [1.165, 1.54) is 0 Å². The third kappa shape index (κ3) is 72.2. The first-order valence-corrected chi connectivity index (χ1v) is 39.8. The van der Waals surface area contributed by atoms with Gasteiger partial charge >= 0.3 is 33.6 Å². The molecule has 0 aliphatic heterocycles. The van der Waals surface area contributed by atoms with Crippen LogP contribution in [0.3, 0.4) is 0 Å². The molecule has 0 saturated carbocycles. The molecule has 97 heavy (non-hydrogen) atoms. The fourth-order valence-electron chi connectivity index (χ4n) is 9.23. The maximum Gasteiger partial charge on any atom is 0.472 e. The smallest absolute Gasteiger partial charge is 0.463 e. The van der Waals surface area contributed by atoms with Crippen LogP contribution in [0.25, 0.3) is 0 Å². The van der Waals surface area contributed by atoms with E-state index < -0.39 is 91.5 Å². The Morgan fingerprint density at radius 2 is 0.515 bits per heavy atom. The van der Waals surface area contributed by atoms with E-state index in [0.29, 0.717) is 19.3 Å². The average Bonchev–Trinajstić information content (AvgIpc) is 3.63. The van der Waals surface area contributed by atoms with Crippen LogP contribution in [0.5, 0.6) is 0 Å². The highest BCUT2D eigenvalue weighted by Crippen LogP contribution is 2.45. The summed E-state index contributed by atoms with van der Waals surface area (Å²) in [6.45, 7) is 2.28. The predicted molar refractivity (Wildman–Crippen MR) is 399 cm³/mol. The van der Waals surface area contributed by atoms with Crippen LogP contribution in [-0.4, -0.2) is 95.9 Å². The van der Waals surface area contributed by atoms with Crippen LogP contribution in [0.4, 0.5) is 0 Å². The van der Waals surface area contributed by atoms with Crippen LogP contribution in [-0.2, 0) is 55.8 Å². The van der Waals surface area contributed by atoms with E-state index in [0.717, 1.165) is 205 Å². The van der Waals surface area contributed by atoms with E-state index in [4.69, 9.17) is 32.3 Å². The van der Waals surface area contributed by atoms with Crippen molar-refractivity contribution in [3.05, 3.63) is 158 Å². The lowest BCUT2D eigenvalue weighted by Crippen LogP contribution is -2.30. The SMILES string of the molecule is CC/C=C\C/C=C\C/C=C\C/C=C\C/C=C\CCCCCCCCCC(=O)OCC(O)COP(=O)(O)OCC(O)COP(=O)(O)OCC(COC(=O)CCCCCCC/C=C\C/C=C\C/C=C\C/C=C\C/C=C\CC)OC(=O)CCCCCCCCC/C=C\C/C=C\C/C=C\CC. The van der Waals surface area contributed by atoms with Gasteiger partial charge in [0.25, 0.3) is 0 Å². The molecule has 0 rings (SSSR count). The summed E-state index contributed by atoms with van der Waals surface area (Å²) in [6, 6.07) is 0. The Morgan fingerprint density at radius 3 is 0.814 bits per heavy atom. The minimum atomic E-state index is -4.94. The molecule has 552 valence electrons. The second kappa shape index (κ2) is 71.0. The lowest BCUT2D eigenvalue weighted by Gasteiger charge is -2.21. The van der Waals surface area contributed by atoms with Gasteiger partial charge in [0.05, 0.1) is 26.4 Å². The molecule has 0 saturated heterocycles. The van der Waals surface area contributed by atoms with E-state index in [-0.39, 0.29) is 19.3 Å². The lowest BCUT2D eigenvalue weighted by atomic mass is 10.1. The molecule has 0 aliphatic rings. The number of ether oxygens (including phenoxy) is 3. The van der Waals surface area contributed by atoms with E-state index in [1.54, 1.807) is 0 Å². The minimum absolute atomic E-state index is 0.0829. The highest BCUT2D eigenvalue weighted by Gasteiger charge is 2.29. The summed E-state index contributed by atoms with van der Waals surface area (Å²) < 4.78 is 61.0. The van der Waals surface area contributed by atoms with Crippen LogP contribution in [0, 0.1) is 0 Å². The molecule has 16 nitrogen and oxygen atoms in total. The topological polar surface area (TPSA) is 231 Å². The molecule has 5 atom stereocenters. The van der Waals surface area contributed by atoms with Gasteiger partial charge in [-0.05, 0) is 141 Å². The second-order valence-corrected chi connectivity index (χ2v) is 26.9. The third-order valence-corrected chi connectivity index (χ3v) is 16.6. The molecule has 0 aromatic heterocycles. The number of carbonyl (C=O) groups excluding carboxylic acids is 3. The number of allylic oxidation sites excluding steroid dienone is 26. The highest BCUT2D eigenvalue weighted by atomic mass is 31.2. The molecule has 4 N–H and O–H groups in total. The summed E-state index contributed by atoms with van der Waals surface area (Å²) in [4.78, 5) is 58.6. The normalized spacial score (nSPS) is 15.0. The highest BCUT2D eigenvalue weighted by molar-refractivity contribution is 7.47. The quantitative estimate of drug-likeness (QED) is 0.0146. The Labute approximate surface area is 587 Å². The Hall–Kier alpha value is -4.83. The molecule has 0 bridgehead atoms. The molecule has 0 aromatic carbocycles. The predicted octanol–water partition coefficient (Wildman–Crippen LogP) is 21.1. The van der Waals surface area contributed by atoms with Crippen molar-refractivity contribution in [3.8, 4) is 0 Å². The minimum Gasteiger partial charge on any atom is -0.463 e. The van der Waals surface area contributed by atoms with Crippen molar-refractivity contribution in [1.82, 2.24) is 0 Å². The molecule has 0 aromatic rings. The van der Waals surface area contributed by atoms with Crippen LogP contribution in [0.1, 0.15) is 265 Å². The number of hydrogen-bond acceptors (Lipinski definition) is 14. The fraction of sp³-hybridized carbons (Fsp3) is 0.633. The summed E-state index contributed by atoms with van der Waals surface area (Å²) in [5, 5.41) is 20.6. The Morgan fingerprint density at radius 1 is 0.289 bits per heavy atom. The second-order valence-electron chi connectivity index (χ2n) is 23.9. The molecule has 0 fully saturated rings.